The maximum Gasteiger partial charge on any atom is 0.160 e. The van der Waals surface area contributed by atoms with E-state index in [2.05, 4.69) is 147 Å². The summed E-state index contributed by atoms with van der Waals surface area (Å²) in [5.74, 6) is 0.767. The Hall–Kier alpha value is -5.12. The van der Waals surface area contributed by atoms with Crippen LogP contribution in [0.25, 0.3) is 76.0 Å². The molecule has 2 aromatic heterocycles. The summed E-state index contributed by atoms with van der Waals surface area (Å²) in [7, 11) is 0. The van der Waals surface area contributed by atoms with Gasteiger partial charge in [0.15, 0.2) is 5.82 Å². The lowest BCUT2D eigenvalue weighted by Gasteiger charge is -2.23. The Morgan fingerprint density at radius 1 is 0.545 bits per heavy atom. The van der Waals surface area contributed by atoms with Crippen molar-refractivity contribution in [1.82, 2.24) is 9.97 Å². The second-order valence-electron chi connectivity index (χ2n) is 12.2. The number of hydrogen-bond acceptors (Lipinski definition) is 3. The van der Waals surface area contributed by atoms with Crippen LogP contribution in [0.4, 0.5) is 0 Å². The minimum absolute atomic E-state index is 0.185. The highest BCUT2D eigenvalue weighted by Crippen LogP contribution is 2.55. The van der Waals surface area contributed by atoms with Gasteiger partial charge in [-0.1, -0.05) is 129 Å². The topological polar surface area (TPSA) is 25.8 Å². The van der Waals surface area contributed by atoms with Gasteiger partial charge < -0.3 is 0 Å². The predicted molar refractivity (Wildman–Crippen MR) is 186 cm³/mol. The predicted octanol–water partition coefficient (Wildman–Crippen LogP) is 11.3. The maximum atomic E-state index is 5.27. The standard InChI is InChI=1S/C41H28N2S/c1-41(2)32-24-28(40-42-37(26-15-7-4-8-16-26)39-38(43-40)31-19-11-12-20-34(31)44-39)21-22-30(32)36-33(41)23-27-17-9-10-18-29(27)35(36)25-13-5-3-6-14-25/h3-24H,1-2H3. The van der Waals surface area contributed by atoms with E-state index < -0.39 is 0 Å². The van der Waals surface area contributed by atoms with Crippen LogP contribution in [0.5, 0.6) is 0 Å². The molecule has 8 aromatic rings. The fraction of sp³-hybridized carbons (Fsp3) is 0.0732. The first-order chi connectivity index (χ1) is 21.6. The van der Waals surface area contributed by atoms with E-state index in [0.29, 0.717) is 0 Å². The molecule has 6 aromatic carbocycles. The van der Waals surface area contributed by atoms with Crippen LogP contribution in [0, 0.1) is 0 Å². The maximum absolute atomic E-state index is 5.27. The lowest BCUT2D eigenvalue weighted by Crippen LogP contribution is -2.15. The van der Waals surface area contributed by atoms with Gasteiger partial charge in [0.2, 0.25) is 0 Å². The van der Waals surface area contributed by atoms with E-state index in [1.807, 2.05) is 0 Å². The molecule has 0 saturated carbocycles. The molecule has 0 atom stereocenters. The number of benzene rings is 6. The Morgan fingerprint density at radius 3 is 2.02 bits per heavy atom. The second kappa shape index (κ2) is 9.44. The van der Waals surface area contributed by atoms with Gasteiger partial charge in [-0.3, -0.25) is 0 Å². The second-order valence-corrected chi connectivity index (χ2v) is 13.2. The van der Waals surface area contributed by atoms with Crippen molar-refractivity contribution in [2.75, 3.05) is 0 Å². The zero-order valence-electron chi connectivity index (χ0n) is 24.5. The minimum Gasteiger partial charge on any atom is -0.226 e. The SMILES string of the molecule is CC1(C)c2cc(-c3nc(-c4ccccc4)c4sc5ccccc5c4n3)ccc2-c2c1cc1ccccc1c2-c1ccccc1. The average Bonchev–Trinajstić information content (AvgIpc) is 3.56. The van der Waals surface area contributed by atoms with Gasteiger partial charge in [-0.2, -0.15) is 0 Å². The lowest BCUT2D eigenvalue weighted by atomic mass is 9.80. The third-order valence-corrected chi connectivity index (χ3v) is 10.4. The molecule has 2 heterocycles. The van der Waals surface area contributed by atoms with E-state index in [4.69, 9.17) is 9.97 Å². The fourth-order valence-electron chi connectivity index (χ4n) is 7.10. The van der Waals surface area contributed by atoms with E-state index in [0.717, 1.165) is 32.9 Å². The first-order valence-electron chi connectivity index (χ1n) is 15.1. The number of hydrogen-bond donors (Lipinski definition) is 0. The van der Waals surface area contributed by atoms with Crippen LogP contribution < -0.4 is 0 Å². The molecule has 3 heteroatoms. The van der Waals surface area contributed by atoms with Crippen molar-refractivity contribution in [2.24, 2.45) is 0 Å². The first kappa shape index (κ1) is 25.4. The Morgan fingerprint density at radius 2 is 1.23 bits per heavy atom. The highest BCUT2D eigenvalue weighted by molar-refractivity contribution is 7.26. The molecule has 9 rings (SSSR count). The molecule has 1 aliphatic rings. The lowest BCUT2D eigenvalue weighted by molar-refractivity contribution is 0.661. The van der Waals surface area contributed by atoms with Gasteiger partial charge in [-0.05, 0) is 62.4 Å². The van der Waals surface area contributed by atoms with Crippen molar-refractivity contribution in [1.29, 1.82) is 0 Å². The average molecular weight is 581 g/mol. The summed E-state index contributed by atoms with van der Waals surface area (Å²) in [6.45, 7) is 4.72. The van der Waals surface area contributed by atoms with Crippen molar-refractivity contribution >= 4 is 42.4 Å². The number of aromatic nitrogens is 2. The van der Waals surface area contributed by atoms with E-state index in [-0.39, 0.29) is 5.41 Å². The summed E-state index contributed by atoms with van der Waals surface area (Å²) in [6, 6.07) is 48.0. The van der Waals surface area contributed by atoms with Crippen molar-refractivity contribution in [2.45, 2.75) is 19.3 Å². The number of rotatable bonds is 3. The van der Waals surface area contributed by atoms with Crippen LogP contribution in [-0.4, -0.2) is 9.97 Å². The highest BCUT2D eigenvalue weighted by Gasteiger charge is 2.38. The molecule has 0 N–H and O–H groups in total. The van der Waals surface area contributed by atoms with Crippen molar-refractivity contribution in [3.05, 3.63) is 145 Å². The molecule has 0 aliphatic heterocycles. The number of thiophene rings is 1. The highest BCUT2D eigenvalue weighted by atomic mass is 32.1. The summed E-state index contributed by atoms with van der Waals surface area (Å²) < 4.78 is 2.37. The third kappa shape index (κ3) is 3.66. The third-order valence-electron chi connectivity index (χ3n) is 9.27. The number of fused-ring (bicyclic) bond motifs is 7. The van der Waals surface area contributed by atoms with Crippen molar-refractivity contribution in [3.8, 4) is 44.9 Å². The van der Waals surface area contributed by atoms with Crippen LogP contribution in [0.1, 0.15) is 25.0 Å². The Balaban J connectivity index is 1.30. The molecule has 0 bridgehead atoms. The van der Waals surface area contributed by atoms with Gasteiger partial charge in [0.25, 0.3) is 0 Å². The molecule has 0 unspecified atom stereocenters. The molecule has 2 nitrogen and oxygen atoms in total. The molecular weight excluding hydrogens is 553 g/mol. The number of nitrogens with zero attached hydrogens (tertiary/aromatic N) is 2. The molecular formula is C41H28N2S. The zero-order chi connectivity index (χ0) is 29.4. The Labute approximate surface area is 260 Å². The van der Waals surface area contributed by atoms with Crippen LogP contribution in [0.2, 0.25) is 0 Å². The van der Waals surface area contributed by atoms with Crippen LogP contribution in [0.15, 0.2) is 133 Å². The van der Waals surface area contributed by atoms with Gasteiger partial charge in [0, 0.05) is 26.6 Å². The van der Waals surface area contributed by atoms with E-state index in [1.165, 1.54) is 54.2 Å². The van der Waals surface area contributed by atoms with Crippen LogP contribution in [-0.2, 0) is 5.41 Å². The van der Waals surface area contributed by atoms with Crippen molar-refractivity contribution in [3.63, 3.8) is 0 Å². The largest absolute Gasteiger partial charge is 0.226 e. The molecule has 0 amide bonds. The minimum atomic E-state index is -0.185. The summed E-state index contributed by atoms with van der Waals surface area (Å²) in [4.78, 5) is 10.5. The van der Waals surface area contributed by atoms with E-state index >= 15 is 0 Å². The van der Waals surface area contributed by atoms with E-state index in [9.17, 15) is 0 Å². The molecule has 208 valence electrons. The quantitative estimate of drug-likeness (QED) is 0.208. The van der Waals surface area contributed by atoms with E-state index in [1.54, 1.807) is 11.3 Å². The molecule has 0 saturated heterocycles. The van der Waals surface area contributed by atoms with Gasteiger partial charge in [-0.15, -0.1) is 11.3 Å². The van der Waals surface area contributed by atoms with Crippen LogP contribution >= 0.6 is 11.3 Å². The zero-order valence-corrected chi connectivity index (χ0v) is 25.3. The first-order valence-corrected chi connectivity index (χ1v) is 15.9. The molecule has 1 aliphatic carbocycles. The summed E-state index contributed by atoms with van der Waals surface area (Å²) in [6.07, 6.45) is 0. The van der Waals surface area contributed by atoms with Gasteiger partial charge in [-0.25, -0.2) is 9.97 Å². The van der Waals surface area contributed by atoms with Gasteiger partial charge in [0.05, 0.1) is 15.9 Å². The molecule has 0 spiro atoms. The van der Waals surface area contributed by atoms with Crippen LogP contribution in [0.3, 0.4) is 0 Å². The van der Waals surface area contributed by atoms with Crippen molar-refractivity contribution < 1.29 is 0 Å². The molecule has 0 radical (unpaired) electrons. The summed E-state index contributed by atoms with van der Waals surface area (Å²) in [5, 5.41) is 3.74. The Bertz CT molecular complexity index is 2400. The summed E-state index contributed by atoms with van der Waals surface area (Å²) >= 11 is 1.77. The fourth-order valence-corrected chi connectivity index (χ4v) is 8.25. The molecule has 44 heavy (non-hydrogen) atoms. The van der Waals surface area contributed by atoms with Gasteiger partial charge in [0.1, 0.15) is 0 Å². The van der Waals surface area contributed by atoms with Gasteiger partial charge >= 0.3 is 0 Å². The summed E-state index contributed by atoms with van der Waals surface area (Å²) in [5.41, 5.74) is 11.9. The normalized spacial score (nSPS) is 13.4. The smallest absolute Gasteiger partial charge is 0.160 e. The monoisotopic (exact) mass is 580 g/mol. The molecule has 0 fully saturated rings. The Kier molecular flexibility index (Phi) is 5.45.